The number of benzene rings is 1. The number of hydrogen-bond donors (Lipinski definition) is 1. The first kappa shape index (κ1) is 14.2. The summed E-state index contributed by atoms with van der Waals surface area (Å²) in [5.41, 5.74) is 3.33. The van der Waals surface area contributed by atoms with Gasteiger partial charge >= 0.3 is 0 Å². The zero-order valence-electron chi connectivity index (χ0n) is 11.1. The van der Waals surface area contributed by atoms with Crippen molar-refractivity contribution in [2.45, 2.75) is 33.4 Å². The summed E-state index contributed by atoms with van der Waals surface area (Å²) in [6.45, 7) is 5.99. The number of aliphatic hydroxyl groups is 1. The van der Waals surface area contributed by atoms with Crippen molar-refractivity contribution >= 4 is 15.9 Å². The third-order valence-electron chi connectivity index (χ3n) is 3.23. The quantitative estimate of drug-likeness (QED) is 0.938. The Labute approximate surface area is 120 Å². The minimum Gasteiger partial charge on any atom is -0.386 e. The molecule has 0 fully saturated rings. The minimum atomic E-state index is -0.703. The van der Waals surface area contributed by atoms with Crippen LogP contribution in [0, 0.1) is 26.6 Å². The number of aromatic nitrogens is 2. The predicted octanol–water partition coefficient (Wildman–Crippen LogP) is 3.44. The van der Waals surface area contributed by atoms with Crippen LogP contribution in [0.25, 0.3) is 0 Å². The Kier molecular flexibility index (Phi) is 4.06. The van der Waals surface area contributed by atoms with E-state index in [-0.39, 0.29) is 5.82 Å². The lowest BCUT2D eigenvalue weighted by atomic mass is 10.0. The van der Waals surface area contributed by atoms with E-state index < -0.39 is 6.10 Å². The molecular formula is C14H16BrFN2O. The van der Waals surface area contributed by atoms with Gasteiger partial charge in [0.1, 0.15) is 5.82 Å². The number of aryl methyl sites for hydroxylation is 2. The van der Waals surface area contributed by atoms with E-state index in [0.29, 0.717) is 6.54 Å². The maximum atomic E-state index is 13.1. The van der Waals surface area contributed by atoms with E-state index in [4.69, 9.17) is 0 Å². The Hall–Kier alpha value is -1.20. The van der Waals surface area contributed by atoms with Gasteiger partial charge in [-0.2, -0.15) is 5.10 Å². The smallest absolute Gasteiger partial charge is 0.123 e. The van der Waals surface area contributed by atoms with Gasteiger partial charge in [-0.3, -0.25) is 4.68 Å². The Morgan fingerprint density at radius 2 is 2.05 bits per heavy atom. The molecule has 5 heteroatoms. The summed E-state index contributed by atoms with van der Waals surface area (Å²) in [7, 11) is 0. The lowest BCUT2D eigenvalue weighted by Gasteiger charge is -2.15. The maximum Gasteiger partial charge on any atom is 0.123 e. The fraction of sp³-hybridized carbons (Fsp3) is 0.357. The standard InChI is InChI=1S/C14H16BrFN2O/c1-8-6-11(16)4-5-12(8)13(19)7-18-10(3)14(15)9(2)17-18/h4-6,13,19H,7H2,1-3H3. The topological polar surface area (TPSA) is 38.0 Å². The van der Waals surface area contributed by atoms with Gasteiger partial charge in [0, 0.05) is 5.69 Å². The zero-order chi connectivity index (χ0) is 14.2. The third kappa shape index (κ3) is 2.87. The van der Waals surface area contributed by atoms with E-state index >= 15 is 0 Å². The molecule has 0 spiro atoms. The average molecular weight is 327 g/mol. The highest BCUT2D eigenvalue weighted by molar-refractivity contribution is 9.10. The van der Waals surface area contributed by atoms with Crippen molar-refractivity contribution in [2.24, 2.45) is 0 Å². The van der Waals surface area contributed by atoms with Gasteiger partial charge in [-0.1, -0.05) is 6.07 Å². The molecule has 0 amide bonds. The van der Waals surface area contributed by atoms with Crippen LogP contribution in [0.2, 0.25) is 0 Å². The Balaban J connectivity index is 2.25. The maximum absolute atomic E-state index is 13.1. The first-order valence-corrected chi connectivity index (χ1v) is 6.83. The number of aliphatic hydroxyl groups excluding tert-OH is 1. The van der Waals surface area contributed by atoms with Crippen LogP contribution in [-0.4, -0.2) is 14.9 Å². The van der Waals surface area contributed by atoms with Crippen LogP contribution >= 0.6 is 15.9 Å². The van der Waals surface area contributed by atoms with E-state index in [1.165, 1.54) is 12.1 Å². The second-order valence-corrected chi connectivity index (χ2v) is 5.48. The molecule has 0 aliphatic rings. The molecule has 19 heavy (non-hydrogen) atoms. The summed E-state index contributed by atoms with van der Waals surface area (Å²) >= 11 is 3.46. The van der Waals surface area contributed by atoms with Gasteiger partial charge in [-0.05, 0) is 60.0 Å². The van der Waals surface area contributed by atoms with Crippen LogP contribution in [0.15, 0.2) is 22.7 Å². The second-order valence-electron chi connectivity index (χ2n) is 4.68. The highest BCUT2D eigenvalue weighted by atomic mass is 79.9. The third-order valence-corrected chi connectivity index (χ3v) is 4.38. The summed E-state index contributed by atoms with van der Waals surface area (Å²) < 4.78 is 15.8. The number of nitrogens with zero attached hydrogens (tertiary/aromatic N) is 2. The van der Waals surface area contributed by atoms with Crippen LogP contribution in [0.1, 0.15) is 28.6 Å². The molecule has 0 radical (unpaired) electrons. The molecule has 2 aromatic rings. The average Bonchev–Trinajstić information content (AvgIpc) is 2.57. The molecule has 0 aliphatic heterocycles. The fourth-order valence-corrected chi connectivity index (χ4v) is 2.41. The lowest BCUT2D eigenvalue weighted by Crippen LogP contribution is -2.12. The van der Waals surface area contributed by atoms with Gasteiger partial charge in [0.2, 0.25) is 0 Å². The molecule has 2 rings (SSSR count). The van der Waals surface area contributed by atoms with E-state index in [2.05, 4.69) is 21.0 Å². The number of halogens is 2. The van der Waals surface area contributed by atoms with Crippen molar-refractivity contribution in [3.8, 4) is 0 Å². The zero-order valence-corrected chi connectivity index (χ0v) is 12.7. The van der Waals surface area contributed by atoms with E-state index in [1.807, 2.05) is 13.8 Å². The summed E-state index contributed by atoms with van der Waals surface area (Å²) in [5.74, 6) is -0.290. The molecule has 1 heterocycles. The molecule has 1 aromatic carbocycles. The monoisotopic (exact) mass is 326 g/mol. The first-order valence-electron chi connectivity index (χ1n) is 6.03. The largest absolute Gasteiger partial charge is 0.386 e. The lowest BCUT2D eigenvalue weighted by molar-refractivity contribution is 0.149. The number of rotatable bonds is 3. The van der Waals surface area contributed by atoms with Crippen LogP contribution in [0.4, 0.5) is 4.39 Å². The van der Waals surface area contributed by atoms with Crippen molar-refractivity contribution in [2.75, 3.05) is 0 Å². The summed E-state index contributed by atoms with van der Waals surface area (Å²) in [4.78, 5) is 0. The highest BCUT2D eigenvalue weighted by Gasteiger charge is 2.15. The fourth-order valence-electron chi connectivity index (χ4n) is 2.13. The molecule has 0 saturated carbocycles. The van der Waals surface area contributed by atoms with Crippen molar-refractivity contribution in [3.63, 3.8) is 0 Å². The molecule has 102 valence electrons. The molecule has 1 atom stereocenters. The van der Waals surface area contributed by atoms with E-state index in [9.17, 15) is 9.50 Å². The van der Waals surface area contributed by atoms with Crippen LogP contribution in [0.3, 0.4) is 0 Å². The van der Waals surface area contributed by atoms with Crippen molar-refractivity contribution < 1.29 is 9.50 Å². The van der Waals surface area contributed by atoms with Gasteiger partial charge in [-0.15, -0.1) is 0 Å². The van der Waals surface area contributed by atoms with Gasteiger partial charge in [-0.25, -0.2) is 4.39 Å². The predicted molar refractivity (Wildman–Crippen MR) is 75.5 cm³/mol. The molecule has 0 saturated heterocycles. The summed E-state index contributed by atoms with van der Waals surface area (Å²) in [6.07, 6.45) is -0.703. The van der Waals surface area contributed by atoms with E-state index in [1.54, 1.807) is 17.7 Å². The van der Waals surface area contributed by atoms with E-state index in [0.717, 1.165) is 27.0 Å². The number of hydrogen-bond acceptors (Lipinski definition) is 2. The Morgan fingerprint density at radius 3 is 2.58 bits per heavy atom. The Morgan fingerprint density at radius 1 is 1.37 bits per heavy atom. The SMILES string of the molecule is Cc1cc(F)ccc1C(O)Cn1nc(C)c(Br)c1C. The van der Waals surface area contributed by atoms with Crippen LogP contribution < -0.4 is 0 Å². The van der Waals surface area contributed by atoms with Crippen molar-refractivity contribution in [3.05, 3.63) is 51.0 Å². The summed E-state index contributed by atoms with van der Waals surface area (Å²) in [5, 5.41) is 14.6. The van der Waals surface area contributed by atoms with Gasteiger partial charge in [0.05, 0.1) is 22.8 Å². The molecule has 0 bridgehead atoms. The summed E-state index contributed by atoms with van der Waals surface area (Å²) in [6, 6.07) is 4.41. The van der Waals surface area contributed by atoms with Gasteiger partial charge < -0.3 is 5.11 Å². The highest BCUT2D eigenvalue weighted by Crippen LogP contribution is 2.24. The van der Waals surface area contributed by atoms with Gasteiger partial charge in [0.15, 0.2) is 0 Å². The van der Waals surface area contributed by atoms with Crippen molar-refractivity contribution in [1.29, 1.82) is 0 Å². The molecular weight excluding hydrogens is 311 g/mol. The second kappa shape index (κ2) is 5.43. The molecule has 3 nitrogen and oxygen atoms in total. The first-order chi connectivity index (χ1) is 8.90. The Bertz CT molecular complexity index is 610. The minimum absolute atomic E-state index is 0.290. The molecule has 1 unspecified atom stereocenters. The van der Waals surface area contributed by atoms with Crippen molar-refractivity contribution in [1.82, 2.24) is 9.78 Å². The normalized spacial score (nSPS) is 12.7. The molecule has 0 aliphatic carbocycles. The molecule has 1 N–H and O–H groups in total. The molecule has 1 aromatic heterocycles. The van der Waals surface area contributed by atoms with Gasteiger partial charge in [0.25, 0.3) is 0 Å². The van der Waals surface area contributed by atoms with Crippen LogP contribution in [-0.2, 0) is 6.54 Å². The van der Waals surface area contributed by atoms with Crippen LogP contribution in [0.5, 0.6) is 0 Å².